The quantitative estimate of drug-likeness (QED) is 0.610. The number of nitro benzene ring substituents is 1. The fourth-order valence-corrected chi connectivity index (χ4v) is 2.08. The molecule has 2 rings (SSSR count). The number of benzene rings is 2. The van der Waals surface area contributed by atoms with Crippen molar-refractivity contribution in [1.82, 2.24) is 0 Å². The van der Waals surface area contributed by atoms with Crippen molar-refractivity contribution in [3.05, 3.63) is 70.3 Å². The van der Waals surface area contributed by atoms with E-state index in [0.29, 0.717) is 5.75 Å². The van der Waals surface area contributed by atoms with Gasteiger partial charge in [-0.05, 0) is 31.5 Å². The Morgan fingerprint density at radius 1 is 1.05 bits per heavy atom. The maximum atomic E-state index is 10.6. The molecule has 0 spiro atoms. The molecule has 0 N–H and O–H groups in total. The van der Waals surface area contributed by atoms with Gasteiger partial charge in [0.25, 0.3) is 5.69 Å². The molecular formula is C16H17NO3. The SMILES string of the molecule is CC(C)(Cc1ccccc1)Oc1ccc([N+](=O)[O-])cc1. The van der Waals surface area contributed by atoms with Crippen LogP contribution in [0.2, 0.25) is 0 Å². The molecule has 0 radical (unpaired) electrons. The first-order valence-corrected chi connectivity index (χ1v) is 6.44. The van der Waals surface area contributed by atoms with E-state index in [0.717, 1.165) is 6.42 Å². The van der Waals surface area contributed by atoms with E-state index in [4.69, 9.17) is 4.74 Å². The minimum absolute atomic E-state index is 0.0678. The molecule has 2 aromatic carbocycles. The molecule has 2 aromatic rings. The van der Waals surface area contributed by atoms with Gasteiger partial charge < -0.3 is 4.74 Å². The Morgan fingerprint density at radius 3 is 2.20 bits per heavy atom. The van der Waals surface area contributed by atoms with Gasteiger partial charge in [0.2, 0.25) is 0 Å². The van der Waals surface area contributed by atoms with Crippen LogP contribution in [0.4, 0.5) is 5.69 Å². The van der Waals surface area contributed by atoms with Crippen LogP contribution >= 0.6 is 0 Å². The summed E-state index contributed by atoms with van der Waals surface area (Å²) in [6, 6.07) is 16.3. The van der Waals surface area contributed by atoms with Crippen LogP contribution in [0.25, 0.3) is 0 Å². The standard InChI is InChI=1S/C16H17NO3/c1-16(2,12-13-6-4-3-5-7-13)20-15-10-8-14(9-11-15)17(18)19/h3-11H,12H2,1-2H3. The summed E-state index contributed by atoms with van der Waals surface area (Å²) in [5.74, 6) is 0.636. The Morgan fingerprint density at radius 2 is 1.65 bits per heavy atom. The molecule has 0 aliphatic heterocycles. The highest BCUT2D eigenvalue weighted by Gasteiger charge is 2.20. The Kier molecular flexibility index (Phi) is 4.03. The smallest absolute Gasteiger partial charge is 0.269 e. The zero-order valence-corrected chi connectivity index (χ0v) is 11.6. The summed E-state index contributed by atoms with van der Waals surface area (Å²) in [4.78, 5) is 10.2. The van der Waals surface area contributed by atoms with Crippen molar-refractivity contribution in [2.75, 3.05) is 0 Å². The number of hydrogen-bond donors (Lipinski definition) is 0. The largest absolute Gasteiger partial charge is 0.488 e. The topological polar surface area (TPSA) is 52.4 Å². The van der Waals surface area contributed by atoms with Gasteiger partial charge in [-0.15, -0.1) is 0 Å². The molecule has 104 valence electrons. The highest BCUT2D eigenvalue weighted by atomic mass is 16.6. The second-order valence-electron chi connectivity index (χ2n) is 5.28. The Hall–Kier alpha value is -2.36. The molecule has 0 atom stereocenters. The van der Waals surface area contributed by atoms with E-state index in [9.17, 15) is 10.1 Å². The number of ether oxygens (including phenoxy) is 1. The first-order valence-electron chi connectivity index (χ1n) is 6.44. The Labute approximate surface area is 118 Å². The second kappa shape index (κ2) is 5.74. The summed E-state index contributed by atoms with van der Waals surface area (Å²) in [6.07, 6.45) is 0.769. The van der Waals surface area contributed by atoms with Crippen molar-refractivity contribution >= 4 is 5.69 Å². The molecule has 0 saturated carbocycles. The molecule has 0 fully saturated rings. The van der Waals surface area contributed by atoms with Crippen LogP contribution in [0.5, 0.6) is 5.75 Å². The summed E-state index contributed by atoms with van der Waals surface area (Å²) >= 11 is 0. The summed E-state index contributed by atoms with van der Waals surface area (Å²) in [5, 5.41) is 10.6. The van der Waals surface area contributed by atoms with Gasteiger partial charge in [-0.2, -0.15) is 0 Å². The van der Waals surface area contributed by atoms with Crippen molar-refractivity contribution in [2.45, 2.75) is 25.9 Å². The van der Waals surface area contributed by atoms with E-state index in [-0.39, 0.29) is 11.3 Å². The van der Waals surface area contributed by atoms with Crippen LogP contribution in [-0.4, -0.2) is 10.5 Å². The van der Waals surface area contributed by atoms with Gasteiger partial charge in [-0.3, -0.25) is 10.1 Å². The zero-order valence-electron chi connectivity index (χ0n) is 11.6. The molecule has 0 heterocycles. The van der Waals surface area contributed by atoms with Crippen molar-refractivity contribution < 1.29 is 9.66 Å². The average Bonchev–Trinajstić information content (AvgIpc) is 2.39. The normalized spacial score (nSPS) is 11.1. The van der Waals surface area contributed by atoms with E-state index in [1.165, 1.54) is 17.7 Å². The Bertz CT molecular complexity index is 576. The zero-order chi connectivity index (χ0) is 14.6. The molecule has 0 aliphatic rings. The van der Waals surface area contributed by atoms with Gasteiger partial charge in [0.15, 0.2) is 0 Å². The molecule has 0 unspecified atom stereocenters. The summed E-state index contributed by atoms with van der Waals surface area (Å²) in [6.45, 7) is 4.00. The Balaban J connectivity index is 2.06. The third-order valence-corrected chi connectivity index (χ3v) is 2.91. The third-order valence-electron chi connectivity index (χ3n) is 2.91. The predicted molar refractivity (Wildman–Crippen MR) is 77.9 cm³/mol. The van der Waals surface area contributed by atoms with Crippen molar-refractivity contribution in [3.63, 3.8) is 0 Å². The maximum Gasteiger partial charge on any atom is 0.269 e. The van der Waals surface area contributed by atoms with Gasteiger partial charge in [-0.25, -0.2) is 0 Å². The van der Waals surface area contributed by atoms with E-state index < -0.39 is 4.92 Å². The number of nitrogens with zero attached hydrogens (tertiary/aromatic N) is 1. The van der Waals surface area contributed by atoms with Crippen LogP contribution in [0.15, 0.2) is 54.6 Å². The first kappa shape index (κ1) is 14.1. The average molecular weight is 271 g/mol. The molecule has 0 amide bonds. The lowest BCUT2D eigenvalue weighted by atomic mass is 9.98. The van der Waals surface area contributed by atoms with Crippen LogP contribution in [0.3, 0.4) is 0 Å². The van der Waals surface area contributed by atoms with E-state index in [1.54, 1.807) is 12.1 Å². The highest BCUT2D eigenvalue weighted by Crippen LogP contribution is 2.24. The molecular weight excluding hydrogens is 254 g/mol. The molecule has 0 saturated heterocycles. The van der Waals surface area contributed by atoms with Gasteiger partial charge in [0, 0.05) is 18.6 Å². The van der Waals surface area contributed by atoms with E-state index in [2.05, 4.69) is 12.1 Å². The molecule has 0 aliphatic carbocycles. The second-order valence-corrected chi connectivity index (χ2v) is 5.28. The maximum absolute atomic E-state index is 10.6. The highest BCUT2D eigenvalue weighted by molar-refractivity contribution is 5.36. The lowest BCUT2D eigenvalue weighted by Gasteiger charge is -2.26. The molecule has 0 bridgehead atoms. The van der Waals surface area contributed by atoms with E-state index >= 15 is 0 Å². The molecule has 4 heteroatoms. The van der Waals surface area contributed by atoms with Gasteiger partial charge >= 0.3 is 0 Å². The summed E-state index contributed by atoms with van der Waals surface area (Å²) in [7, 11) is 0. The van der Waals surface area contributed by atoms with Crippen LogP contribution in [0, 0.1) is 10.1 Å². The van der Waals surface area contributed by atoms with Crippen molar-refractivity contribution in [3.8, 4) is 5.75 Å². The van der Waals surface area contributed by atoms with Gasteiger partial charge in [0.05, 0.1) is 4.92 Å². The minimum Gasteiger partial charge on any atom is -0.488 e. The molecule has 4 nitrogen and oxygen atoms in total. The van der Waals surface area contributed by atoms with E-state index in [1.807, 2.05) is 32.0 Å². The lowest BCUT2D eigenvalue weighted by Crippen LogP contribution is -2.30. The van der Waals surface area contributed by atoms with Gasteiger partial charge in [-0.1, -0.05) is 30.3 Å². The number of rotatable bonds is 5. The summed E-state index contributed by atoms with van der Waals surface area (Å²) in [5.41, 5.74) is 0.884. The first-order chi connectivity index (χ1) is 9.46. The number of hydrogen-bond acceptors (Lipinski definition) is 3. The molecule has 0 aromatic heterocycles. The monoisotopic (exact) mass is 271 g/mol. The summed E-state index contributed by atoms with van der Waals surface area (Å²) < 4.78 is 5.92. The third kappa shape index (κ3) is 3.82. The number of nitro groups is 1. The van der Waals surface area contributed by atoms with Crippen LogP contribution < -0.4 is 4.74 Å². The molecule has 20 heavy (non-hydrogen) atoms. The fourth-order valence-electron chi connectivity index (χ4n) is 2.08. The van der Waals surface area contributed by atoms with Crippen LogP contribution in [-0.2, 0) is 6.42 Å². The van der Waals surface area contributed by atoms with Crippen molar-refractivity contribution in [1.29, 1.82) is 0 Å². The van der Waals surface area contributed by atoms with Gasteiger partial charge in [0.1, 0.15) is 11.4 Å². The predicted octanol–water partition coefficient (Wildman–Crippen LogP) is 3.99. The minimum atomic E-state index is -0.418. The number of non-ortho nitro benzene ring substituents is 1. The van der Waals surface area contributed by atoms with Crippen LogP contribution in [0.1, 0.15) is 19.4 Å². The lowest BCUT2D eigenvalue weighted by molar-refractivity contribution is -0.384. The van der Waals surface area contributed by atoms with Crippen molar-refractivity contribution in [2.24, 2.45) is 0 Å². The fraction of sp³-hybridized carbons (Fsp3) is 0.250.